The third kappa shape index (κ3) is 4.99. The molecule has 3 aromatic rings. The highest BCUT2D eigenvalue weighted by molar-refractivity contribution is 6.42. The van der Waals surface area contributed by atoms with Gasteiger partial charge in [-0.05, 0) is 69.4 Å². The molecule has 1 amide bonds. The van der Waals surface area contributed by atoms with Crippen molar-refractivity contribution in [1.29, 1.82) is 0 Å². The summed E-state index contributed by atoms with van der Waals surface area (Å²) in [7, 11) is 3.92. The number of carbonyl (C=O) groups is 1. The second kappa shape index (κ2) is 8.99. The van der Waals surface area contributed by atoms with Gasteiger partial charge in [0.1, 0.15) is 5.69 Å². The number of amides is 1. The number of likely N-dealkylation sites (N-methyl/N-ethyl adjacent to an activating group) is 1. The second-order valence-corrected chi connectivity index (χ2v) is 8.10. The number of aryl methyl sites for hydroxylation is 2. The van der Waals surface area contributed by atoms with E-state index < -0.39 is 0 Å². The molecule has 0 bridgehead atoms. The summed E-state index contributed by atoms with van der Waals surface area (Å²) >= 11 is 12.3. The number of halogens is 2. The summed E-state index contributed by atoms with van der Waals surface area (Å²) in [6.07, 6.45) is 0. The monoisotopic (exact) mass is 430 g/mol. The number of nitrogens with zero attached hydrogens (tertiary/aromatic N) is 3. The highest BCUT2D eigenvalue weighted by atomic mass is 35.5. The fourth-order valence-corrected chi connectivity index (χ4v) is 3.17. The molecule has 0 unspecified atom stereocenters. The lowest BCUT2D eigenvalue weighted by atomic mass is 10.0. The van der Waals surface area contributed by atoms with E-state index in [1.807, 2.05) is 25.1 Å². The minimum atomic E-state index is -0.194. The molecule has 2 aromatic carbocycles. The molecule has 1 heterocycles. The molecule has 0 radical (unpaired) electrons. The Morgan fingerprint density at radius 1 is 1.03 bits per heavy atom. The van der Waals surface area contributed by atoms with Crippen molar-refractivity contribution in [3.8, 4) is 16.9 Å². The minimum Gasteiger partial charge on any atom is -0.349 e. The number of rotatable bonds is 6. The molecule has 3 rings (SSSR count). The number of hydrogen-bond acceptors (Lipinski definition) is 3. The Hall–Kier alpha value is -2.34. The van der Waals surface area contributed by atoms with E-state index in [1.165, 1.54) is 11.1 Å². The van der Waals surface area contributed by atoms with Gasteiger partial charge in [-0.2, -0.15) is 5.10 Å². The van der Waals surface area contributed by atoms with E-state index in [2.05, 4.69) is 31.3 Å². The van der Waals surface area contributed by atoms with Crippen molar-refractivity contribution >= 4 is 29.1 Å². The summed E-state index contributed by atoms with van der Waals surface area (Å²) in [6.45, 7) is 5.41. The van der Waals surface area contributed by atoms with Crippen LogP contribution in [0.4, 0.5) is 0 Å². The van der Waals surface area contributed by atoms with E-state index in [-0.39, 0.29) is 5.91 Å². The third-order valence-electron chi connectivity index (χ3n) is 4.74. The van der Waals surface area contributed by atoms with Crippen molar-refractivity contribution in [1.82, 2.24) is 20.0 Å². The van der Waals surface area contributed by atoms with Gasteiger partial charge in [-0.3, -0.25) is 4.79 Å². The maximum absolute atomic E-state index is 12.9. The van der Waals surface area contributed by atoms with Crippen LogP contribution in [-0.4, -0.2) is 47.8 Å². The maximum atomic E-state index is 12.9. The smallest absolute Gasteiger partial charge is 0.270 e. The average molecular weight is 431 g/mol. The largest absolute Gasteiger partial charge is 0.349 e. The van der Waals surface area contributed by atoms with Crippen molar-refractivity contribution in [3.63, 3.8) is 0 Å². The first-order valence-electron chi connectivity index (χ1n) is 9.32. The Labute approximate surface area is 181 Å². The van der Waals surface area contributed by atoms with Crippen LogP contribution in [0.5, 0.6) is 0 Å². The van der Waals surface area contributed by atoms with Gasteiger partial charge >= 0.3 is 0 Å². The van der Waals surface area contributed by atoms with Crippen molar-refractivity contribution in [2.24, 2.45) is 0 Å². The zero-order chi connectivity index (χ0) is 21.1. The molecule has 0 aliphatic heterocycles. The van der Waals surface area contributed by atoms with Crippen molar-refractivity contribution in [2.75, 3.05) is 27.2 Å². The minimum absolute atomic E-state index is 0.194. The molecule has 1 N–H and O–H groups in total. The summed E-state index contributed by atoms with van der Waals surface area (Å²) in [5, 5.41) is 8.51. The van der Waals surface area contributed by atoms with E-state index in [4.69, 9.17) is 28.3 Å². The van der Waals surface area contributed by atoms with Gasteiger partial charge in [-0.25, -0.2) is 4.68 Å². The highest BCUT2D eigenvalue weighted by Gasteiger charge is 2.18. The fraction of sp³-hybridized carbons (Fsp3) is 0.273. The Balaban J connectivity index is 2.03. The van der Waals surface area contributed by atoms with Gasteiger partial charge in [0.25, 0.3) is 5.91 Å². The molecule has 0 fully saturated rings. The van der Waals surface area contributed by atoms with Crippen LogP contribution in [0, 0.1) is 13.8 Å². The van der Waals surface area contributed by atoms with Crippen LogP contribution < -0.4 is 5.32 Å². The molecular weight excluding hydrogens is 407 g/mol. The second-order valence-electron chi connectivity index (χ2n) is 7.28. The summed E-state index contributed by atoms with van der Waals surface area (Å²) < 4.78 is 1.61. The molecule has 1 aromatic heterocycles. The maximum Gasteiger partial charge on any atom is 0.270 e. The zero-order valence-corrected chi connectivity index (χ0v) is 18.5. The fourth-order valence-electron chi connectivity index (χ4n) is 2.88. The predicted molar refractivity (Wildman–Crippen MR) is 119 cm³/mol. The summed E-state index contributed by atoms with van der Waals surface area (Å²) in [5.74, 6) is -0.194. The Bertz CT molecular complexity index is 1040. The van der Waals surface area contributed by atoms with E-state index in [9.17, 15) is 4.79 Å². The number of nitrogens with one attached hydrogen (secondary N) is 1. The van der Waals surface area contributed by atoms with Gasteiger partial charge in [-0.1, -0.05) is 35.3 Å². The van der Waals surface area contributed by atoms with Gasteiger partial charge in [0.05, 0.1) is 21.4 Å². The lowest BCUT2D eigenvalue weighted by Crippen LogP contribution is -2.32. The molecule has 0 aliphatic rings. The Kier molecular flexibility index (Phi) is 6.63. The lowest BCUT2D eigenvalue weighted by molar-refractivity contribution is 0.0943. The summed E-state index contributed by atoms with van der Waals surface area (Å²) in [6, 6.07) is 13.1. The quantitative estimate of drug-likeness (QED) is 0.613. The summed E-state index contributed by atoms with van der Waals surface area (Å²) in [4.78, 5) is 14.9. The van der Waals surface area contributed by atoms with Gasteiger partial charge in [0.2, 0.25) is 0 Å². The standard InChI is InChI=1S/C22H24Cl2N4O/c1-14-5-6-16(11-15(14)2)20-13-21(22(29)25-9-10-27(3)4)28(26-20)17-7-8-18(23)19(24)12-17/h5-8,11-13H,9-10H2,1-4H3,(H,25,29). The molecule has 152 valence electrons. The van der Waals surface area contributed by atoms with Crippen molar-refractivity contribution in [3.05, 3.63) is 69.3 Å². The zero-order valence-electron chi connectivity index (χ0n) is 17.0. The first-order chi connectivity index (χ1) is 13.8. The van der Waals surface area contributed by atoms with Crippen molar-refractivity contribution < 1.29 is 4.79 Å². The van der Waals surface area contributed by atoms with Crippen LogP contribution in [-0.2, 0) is 0 Å². The molecule has 7 heteroatoms. The Morgan fingerprint density at radius 3 is 2.45 bits per heavy atom. The normalized spacial score (nSPS) is 11.1. The van der Waals surface area contributed by atoms with Gasteiger partial charge in [0, 0.05) is 18.7 Å². The topological polar surface area (TPSA) is 50.2 Å². The third-order valence-corrected chi connectivity index (χ3v) is 5.48. The molecule has 0 atom stereocenters. The number of carbonyl (C=O) groups excluding carboxylic acids is 1. The number of benzene rings is 2. The molecular formula is C22H24Cl2N4O. The van der Waals surface area contributed by atoms with E-state index >= 15 is 0 Å². The van der Waals surface area contributed by atoms with Gasteiger partial charge < -0.3 is 10.2 Å². The molecule has 0 saturated carbocycles. The van der Waals surface area contributed by atoms with E-state index in [0.717, 1.165) is 17.8 Å². The molecule has 29 heavy (non-hydrogen) atoms. The van der Waals surface area contributed by atoms with Gasteiger partial charge in [-0.15, -0.1) is 0 Å². The number of aromatic nitrogens is 2. The van der Waals surface area contributed by atoms with Gasteiger partial charge in [0.15, 0.2) is 0 Å². The van der Waals surface area contributed by atoms with Crippen LogP contribution in [0.15, 0.2) is 42.5 Å². The average Bonchev–Trinajstić information content (AvgIpc) is 3.11. The van der Waals surface area contributed by atoms with E-state index in [0.29, 0.717) is 28.0 Å². The first-order valence-corrected chi connectivity index (χ1v) is 10.1. The lowest BCUT2D eigenvalue weighted by Gasteiger charge is -2.11. The number of hydrogen-bond donors (Lipinski definition) is 1. The molecule has 5 nitrogen and oxygen atoms in total. The SMILES string of the molecule is Cc1ccc(-c2cc(C(=O)NCCN(C)C)n(-c3ccc(Cl)c(Cl)c3)n2)cc1C. The first kappa shape index (κ1) is 21.4. The van der Waals surface area contributed by atoms with Crippen LogP contribution in [0.1, 0.15) is 21.6 Å². The van der Waals surface area contributed by atoms with Crippen LogP contribution in [0.2, 0.25) is 10.0 Å². The highest BCUT2D eigenvalue weighted by Crippen LogP contribution is 2.27. The Morgan fingerprint density at radius 2 is 1.79 bits per heavy atom. The molecule has 0 aliphatic carbocycles. The molecule has 0 saturated heterocycles. The van der Waals surface area contributed by atoms with Crippen LogP contribution >= 0.6 is 23.2 Å². The summed E-state index contributed by atoms with van der Waals surface area (Å²) in [5.41, 5.74) is 5.16. The molecule has 0 spiro atoms. The van der Waals surface area contributed by atoms with Crippen molar-refractivity contribution in [2.45, 2.75) is 13.8 Å². The predicted octanol–water partition coefficient (Wildman–Crippen LogP) is 4.75. The van der Waals surface area contributed by atoms with Crippen LogP contribution in [0.3, 0.4) is 0 Å². The van der Waals surface area contributed by atoms with E-state index in [1.54, 1.807) is 28.9 Å². The van der Waals surface area contributed by atoms with Crippen LogP contribution in [0.25, 0.3) is 16.9 Å².